The van der Waals surface area contributed by atoms with Crippen LogP contribution < -0.4 is 5.32 Å². The van der Waals surface area contributed by atoms with Gasteiger partial charge in [0, 0.05) is 17.5 Å². The van der Waals surface area contributed by atoms with Crippen LogP contribution in [0.5, 0.6) is 0 Å². The first-order valence-electron chi connectivity index (χ1n) is 4.96. The molecule has 1 N–H and O–H groups in total. The fourth-order valence-corrected chi connectivity index (χ4v) is 1.65. The van der Waals surface area contributed by atoms with Crippen LogP contribution in [0.15, 0.2) is 30.3 Å². The maximum absolute atomic E-state index is 3.47. The highest BCUT2D eigenvalue weighted by molar-refractivity contribution is 8.32. The lowest BCUT2D eigenvalue weighted by Crippen LogP contribution is -2.21. The van der Waals surface area contributed by atoms with Crippen molar-refractivity contribution in [3.63, 3.8) is 0 Å². The van der Waals surface area contributed by atoms with E-state index >= 15 is 0 Å². The molecule has 0 amide bonds. The molecular formula is C12H21NS. The molecule has 0 radical (unpaired) electrons. The summed E-state index contributed by atoms with van der Waals surface area (Å²) in [5.74, 6) is 0. The summed E-state index contributed by atoms with van der Waals surface area (Å²) in [5.41, 5.74) is 1.23. The van der Waals surface area contributed by atoms with Crippen molar-refractivity contribution in [1.82, 2.24) is 0 Å². The van der Waals surface area contributed by atoms with Gasteiger partial charge >= 0.3 is 0 Å². The van der Waals surface area contributed by atoms with E-state index in [0.717, 1.165) is 11.8 Å². The molecule has 0 bridgehead atoms. The van der Waals surface area contributed by atoms with Gasteiger partial charge in [-0.1, -0.05) is 25.1 Å². The summed E-state index contributed by atoms with van der Waals surface area (Å²) < 4.78 is 0. The molecule has 0 saturated carbocycles. The molecule has 1 rings (SSSR count). The van der Waals surface area contributed by atoms with Crippen molar-refractivity contribution in [3.8, 4) is 0 Å². The van der Waals surface area contributed by atoms with E-state index in [1.807, 2.05) is 6.07 Å². The SMILES string of the molecule is CC(CNc1ccccc1)S(C)(C)C. The Hall–Kier alpha value is -0.630. The smallest absolute Gasteiger partial charge is 0.0340 e. The molecule has 0 fully saturated rings. The minimum atomic E-state index is -0.435. The molecule has 1 aromatic carbocycles. The highest BCUT2D eigenvalue weighted by Gasteiger charge is 2.13. The molecule has 2 heteroatoms. The van der Waals surface area contributed by atoms with Crippen molar-refractivity contribution in [2.45, 2.75) is 12.2 Å². The first-order chi connectivity index (χ1) is 6.50. The monoisotopic (exact) mass is 211 g/mol. The third-order valence-corrected chi connectivity index (χ3v) is 5.16. The lowest BCUT2D eigenvalue weighted by Gasteiger charge is -2.33. The molecular weight excluding hydrogens is 190 g/mol. The van der Waals surface area contributed by atoms with E-state index in [-0.39, 0.29) is 0 Å². The van der Waals surface area contributed by atoms with Crippen molar-refractivity contribution in [2.75, 3.05) is 30.6 Å². The molecule has 0 aliphatic carbocycles. The molecule has 0 saturated heterocycles. The molecule has 0 aliphatic rings. The number of anilines is 1. The van der Waals surface area contributed by atoms with Gasteiger partial charge in [-0.05, 0) is 30.9 Å². The summed E-state index contributed by atoms with van der Waals surface area (Å²) in [6.07, 6.45) is 7.10. The first-order valence-corrected chi connectivity index (χ1v) is 7.88. The Balaban J connectivity index is 2.42. The Bertz CT molecular complexity index is 263. The standard InChI is InChI=1S/C12H21NS/c1-11(14(2,3)4)10-13-12-8-6-5-7-9-12/h5-9,11,13H,10H2,1-4H3. The maximum Gasteiger partial charge on any atom is 0.0340 e. The Morgan fingerprint density at radius 2 is 1.71 bits per heavy atom. The Labute approximate surface area is 89.2 Å². The van der Waals surface area contributed by atoms with E-state index in [4.69, 9.17) is 0 Å². The molecule has 1 atom stereocenters. The molecule has 1 nitrogen and oxygen atoms in total. The minimum absolute atomic E-state index is 0.435. The molecule has 0 aliphatic heterocycles. The van der Waals surface area contributed by atoms with Crippen LogP contribution in [0.25, 0.3) is 0 Å². The predicted molar refractivity (Wildman–Crippen MR) is 69.8 cm³/mol. The summed E-state index contributed by atoms with van der Waals surface area (Å²) in [5, 5.41) is 4.22. The van der Waals surface area contributed by atoms with Gasteiger partial charge in [0.1, 0.15) is 0 Å². The van der Waals surface area contributed by atoms with Gasteiger partial charge in [0.05, 0.1) is 0 Å². The van der Waals surface area contributed by atoms with Gasteiger partial charge in [-0.3, -0.25) is 0 Å². The third kappa shape index (κ3) is 3.62. The zero-order chi connectivity index (χ0) is 10.6. The van der Waals surface area contributed by atoms with Crippen molar-refractivity contribution in [1.29, 1.82) is 0 Å². The fraction of sp³-hybridized carbons (Fsp3) is 0.500. The van der Waals surface area contributed by atoms with Gasteiger partial charge in [-0.25, -0.2) is 10.0 Å². The summed E-state index contributed by atoms with van der Waals surface area (Å²) in [7, 11) is -0.435. The van der Waals surface area contributed by atoms with Crippen molar-refractivity contribution in [2.24, 2.45) is 0 Å². The zero-order valence-electron chi connectivity index (χ0n) is 9.58. The summed E-state index contributed by atoms with van der Waals surface area (Å²) in [6, 6.07) is 10.4. The molecule has 0 spiro atoms. The van der Waals surface area contributed by atoms with Crippen LogP contribution in [0.2, 0.25) is 0 Å². The van der Waals surface area contributed by atoms with Gasteiger partial charge in [-0.2, -0.15) is 0 Å². The van der Waals surface area contributed by atoms with Crippen LogP contribution in [0, 0.1) is 0 Å². The highest BCUT2D eigenvalue weighted by Crippen LogP contribution is 2.40. The van der Waals surface area contributed by atoms with Crippen LogP contribution in [-0.2, 0) is 0 Å². The van der Waals surface area contributed by atoms with Crippen molar-refractivity contribution < 1.29 is 0 Å². The van der Waals surface area contributed by atoms with Gasteiger partial charge < -0.3 is 5.32 Å². The number of hydrogen-bond acceptors (Lipinski definition) is 1. The largest absolute Gasteiger partial charge is 0.384 e. The second kappa shape index (κ2) is 4.74. The number of rotatable bonds is 4. The van der Waals surface area contributed by atoms with Crippen molar-refractivity contribution in [3.05, 3.63) is 30.3 Å². The van der Waals surface area contributed by atoms with Crippen LogP contribution in [0.1, 0.15) is 6.92 Å². The molecule has 0 aromatic heterocycles. The lowest BCUT2D eigenvalue weighted by molar-refractivity contribution is 0.989. The fourth-order valence-electron chi connectivity index (χ4n) is 1.07. The first kappa shape index (κ1) is 11.4. The van der Waals surface area contributed by atoms with Crippen LogP contribution in [0.3, 0.4) is 0 Å². The average Bonchev–Trinajstić information content (AvgIpc) is 2.14. The second-order valence-corrected chi connectivity index (χ2v) is 9.16. The Morgan fingerprint density at radius 3 is 2.21 bits per heavy atom. The summed E-state index contributed by atoms with van der Waals surface area (Å²) >= 11 is 0. The maximum atomic E-state index is 3.47. The van der Waals surface area contributed by atoms with E-state index in [2.05, 4.69) is 55.3 Å². The van der Waals surface area contributed by atoms with Crippen LogP contribution in [-0.4, -0.2) is 30.6 Å². The minimum Gasteiger partial charge on any atom is -0.384 e. The normalized spacial score (nSPS) is 14.9. The zero-order valence-corrected chi connectivity index (χ0v) is 10.4. The van der Waals surface area contributed by atoms with E-state index in [0.29, 0.717) is 0 Å². The Morgan fingerprint density at radius 1 is 1.14 bits per heavy atom. The predicted octanol–water partition coefficient (Wildman–Crippen LogP) is 3.18. The number of para-hydroxylation sites is 1. The number of hydrogen-bond donors (Lipinski definition) is 1. The van der Waals surface area contributed by atoms with E-state index in [9.17, 15) is 0 Å². The quantitative estimate of drug-likeness (QED) is 0.806. The van der Waals surface area contributed by atoms with Gasteiger partial charge in [-0.15, -0.1) is 0 Å². The molecule has 1 aromatic rings. The van der Waals surface area contributed by atoms with Gasteiger partial charge in [0.25, 0.3) is 0 Å². The third-order valence-electron chi connectivity index (χ3n) is 2.57. The van der Waals surface area contributed by atoms with Gasteiger partial charge in [0.15, 0.2) is 0 Å². The topological polar surface area (TPSA) is 12.0 Å². The summed E-state index contributed by atoms with van der Waals surface area (Å²) in [4.78, 5) is 0. The number of benzene rings is 1. The van der Waals surface area contributed by atoms with Crippen molar-refractivity contribution >= 4 is 15.7 Å². The van der Waals surface area contributed by atoms with E-state index < -0.39 is 10.0 Å². The average molecular weight is 211 g/mol. The molecule has 1 unspecified atom stereocenters. The molecule has 0 heterocycles. The molecule has 14 heavy (non-hydrogen) atoms. The summed E-state index contributed by atoms with van der Waals surface area (Å²) in [6.45, 7) is 3.40. The van der Waals surface area contributed by atoms with E-state index in [1.165, 1.54) is 5.69 Å². The molecule has 80 valence electrons. The van der Waals surface area contributed by atoms with Crippen LogP contribution >= 0.6 is 10.0 Å². The van der Waals surface area contributed by atoms with Crippen LogP contribution in [0.4, 0.5) is 5.69 Å². The Kier molecular flexibility index (Phi) is 3.87. The van der Waals surface area contributed by atoms with E-state index in [1.54, 1.807) is 0 Å². The second-order valence-electron chi connectivity index (χ2n) is 4.49. The van der Waals surface area contributed by atoms with Gasteiger partial charge in [0.2, 0.25) is 0 Å². The lowest BCUT2D eigenvalue weighted by atomic mass is 10.3. The number of nitrogens with one attached hydrogen (secondary N) is 1. The highest BCUT2D eigenvalue weighted by atomic mass is 32.3.